The van der Waals surface area contributed by atoms with E-state index in [-0.39, 0.29) is 16.5 Å². The van der Waals surface area contributed by atoms with Crippen LogP contribution in [0.3, 0.4) is 0 Å². The van der Waals surface area contributed by atoms with Gasteiger partial charge in [0.15, 0.2) is 6.61 Å². The average Bonchev–Trinajstić information content (AvgIpc) is 2.57. The first kappa shape index (κ1) is 22.5. The molecule has 1 aromatic rings. The summed E-state index contributed by atoms with van der Waals surface area (Å²) in [7, 11) is 0. The number of esters is 1. The third-order valence-electron chi connectivity index (χ3n) is 3.85. The van der Waals surface area contributed by atoms with Gasteiger partial charge in [0.2, 0.25) is 0 Å². The molecule has 1 aromatic carbocycles. The van der Waals surface area contributed by atoms with E-state index < -0.39 is 35.8 Å². The third-order valence-corrected chi connectivity index (χ3v) is 4.20. The van der Waals surface area contributed by atoms with E-state index in [1.807, 2.05) is 6.07 Å². The van der Waals surface area contributed by atoms with Gasteiger partial charge in [-0.15, -0.1) is 0 Å². The van der Waals surface area contributed by atoms with E-state index in [0.717, 1.165) is 30.4 Å². The molecule has 146 valence electrons. The molecular formula is C18H18ClF3N2O3. The van der Waals surface area contributed by atoms with Crippen LogP contribution in [0.5, 0.6) is 0 Å². The number of nitriles is 1. The fraction of sp³-hybridized carbons (Fsp3) is 0.389. The molecule has 1 atom stereocenters. The second kappa shape index (κ2) is 8.91. The van der Waals surface area contributed by atoms with Crippen molar-refractivity contribution < 1.29 is 27.5 Å². The van der Waals surface area contributed by atoms with E-state index in [4.69, 9.17) is 21.6 Å². The van der Waals surface area contributed by atoms with Gasteiger partial charge in [-0.1, -0.05) is 25.4 Å². The molecule has 9 heteroatoms. The molecule has 5 nitrogen and oxygen atoms in total. The van der Waals surface area contributed by atoms with Crippen molar-refractivity contribution in [3.8, 4) is 6.07 Å². The number of nitrogens with zero attached hydrogens (tertiary/aromatic N) is 1. The molecule has 0 aliphatic carbocycles. The van der Waals surface area contributed by atoms with E-state index in [1.54, 1.807) is 13.8 Å². The Morgan fingerprint density at radius 3 is 2.52 bits per heavy atom. The van der Waals surface area contributed by atoms with E-state index in [1.165, 1.54) is 6.92 Å². The largest absolute Gasteiger partial charge is 0.452 e. The summed E-state index contributed by atoms with van der Waals surface area (Å²) in [5, 5.41) is 11.6. The predicted octanol–water partition coefficient (Wildman–Crippen LogP) is 3.97. The van der Waals surface area contributed by atoms with Crippen LogP contribution in [0.25, 0.3) is 6.08 Å². The van der Waals surface area contributed by atoms with Crippen LogP contribution in [-0.2, 0) is 20.5 Å². The van der Waals surface area contributed by atoms with Crippen LogP contribution in [0.15, 0.2) is 24.3 Å². The van der Waals surface area contributed by atoms with Gasteiger partial charge in [0.05, 0.1) is 11.6 Å². The van der Waals surface area contributed by atoms with Crippen molar-refractivity contribution in [1.82, 2.24) is 5.32 Å². The molecule has 1 N–H and O–H groups in total. The highest BCUT2D eigenvalue weighted by molar-refractivity contribution is 6.32. The van der Waals surface area contributed by atoms with Crippen LogP contribution in [0, 0.1) is 17.2 Å². The van der Waals surface area contributed by atoms with Crippen molar-refractivity contribution >= 4 is 29.6 Å². The zero-order valence-electron chi connectivity index (χ0n) is 14.9. The molecule has 0 bridgehead atoms. The first-order valence-electron chi connectivity index (χ1n) is 7.83. The monoisotopic (exact) mass is 402 g/mol. The summed E-state index contributed by atoms with van der Waals surface area (Å²) in [6, 6.07) is 4.65. The van der Waals surface area contributed by atoms with Gasteiger partial charge in [-0.2, -0.15) is 18.4 Å². The first-order valence-corrected chi connectivity index (χ1v) is 8.20. The molecule has 0 aliphatic rings. The number of carbonyl (C=O) groups excluding carboxylic acids is 2. The highest BCUT2D eigenvalue weighted by Crippen LogP contribution is 2.32. The molecule has 0 aromatic heterocycles. The second-order valence-corrected chi connectivity index (χ2v) is 6.60. The van der Waals surface area contributed by atoms with Crippen molar-refractivity contribution in [1.29, 1.82) is 5.26 Å². The molecule has 1 amide bonds. The van der Waals surface area contributed by atoms with E-state index >= 15 is 0 Å². The molecule has 0 radical (unpaired) electrons. The van der Waals surface area contributed by atoms with Gasteiger partial charge < -0.3 is 10.1 Å². The van der Waals surface area contributed by atoms with Crippen molar-refractivity contribution in [2.75, 3.05) is 6.61 Å². The Morgan fingerprint density at radius 1 is 1.37 bits per heavy atom. The number of carbonyl (C=O) groups is 2. The summed E-state index contributed by atoms with van der Waals surface area (Å²) in [6.07, 6.45) is -2.62. The molecule has 0 heterocycles. The number of amides is 1. The molecule has 0 saturated heterocycles. The molecule has 0 unspecified atom stereocenters. The Labute approximate surface area is 159 Å². The lowest BCUT2D eigenvalue weighted by Gasteiger charge is -2.27. The van der Waals surface area contributed by atoms with E-state index in [0.29, 0.717) is 0 Å². The zero-order valence-corrected chi connectivity index (χ0v) is 15.6. The van der Waals surface area contributed by atoms with Gasteiger partial charge in [0, 0.05) is 11.1 Å². The molecule has 1 rings (SSSR count). The van der Waals surface area contributed by atoms with Gasteiger partial charge >= 0.3 is 12.1 Å². The minimum absolute atomic E-state index is 0.0199. The Hall–Kier alpha value is -2.53. The number of hydrogen-bond donors (Lipinski definition) is 1. The van der Waals surface area contributed by atoms with Gasteiger partial charge in [-0.3, -0.25) is 4.79 Å². The summed E-state index contributed by atoms with van der Waals surface area (Å²) in [6.45, 7) is 4.39. The molecule has 0 aliphatic heterocycles. The van der Waals surface area contributed by atoms with Gasteiger partial charge in [-0.25, -0.2) is 4.79 Å². The number of hydrogen-bond acceptors (Lipinski definition) is 4. The summed E-state index contributed by atoms with van der Waals surface area (Å²) in [5.74, 6) is -1.79. The van der Waals surface area contributed by atoms with Crippen molar-refractivity contribution in [3.05, 3.63) is 40.4 Å². The maximum absolute atomic E-state index is 12.7. The fourth-order valence-corrected chi connectivity index (χ4v) is 2.00. The van der Waals surface area contributed by atoms with E-state index in [9.17, 15) is 22.8 Å². The minimum atomic E-state index is -4.55. The first-order chi connectivity index (χ1) is 12.4. The standard InChI is InChI=1S/C18H18ClF3N2O3/c1-11(2)17(3,10-23)24-15(25)9-27-16(26)7-4-12-8-13(18(20,21)22)5-6-14(12)19/h4-8,11H,9H2,1-3H3,(H,24,25)/b7-4+/t17-/m1/s1. The maximum atomic E-state index is 12.7. The quantitative estimate of drug-likeness (QED) is 0.576. The highest BCUT2D eigenvalue weighted by Gasteiger charge is 2.31. The maximum Gasteiger partial charge on any atom is 0.416 e. The number of alkyl halides is 3. The van der Waals surface area contributed by atoms with Crippen molar-refractivity contribution in [2.24, 2.45) is 5.92 Å². The summed E-state index contributed by atoms with van der Waals surface area (Å²) < 4.78 is 42.8. The molecular weight excluding hydrogens is 385 g/mol. The predicted molar refractivity (Wildman–Crippen MR) is 93.4 cm³/mol. The molecule has 0 fully saturated rings. The molecule has 27 heavy (non-hydrogen) atoms. The summed E-state index contributed by atoms with van der Waals surface area (Å²) in [5.41, 5.74) is -2.06. The zero-order chi connectivity index (χ0) is 20.8. The van der Waals surface area contributed by atoms with Gasteiger partial charge in [0.25, 0.3) is 5.91 Å². The average molecular weight is 403 g/mol. The van der Waals surface area contributed by atoms with Crippen LogP contribution in [-0.4, -0.2) is 24.0 Å². The highest BCUT2D eigenvalue weighted by atomic mass is 35.5. The number of halogens is 4. The van der Waals surface area contributed by atoms with Crippen LogP contribution >= 0.6 is 11.6 Å². The Balaban J connectivity index is 2.71. The number of nitrogens with one attached hydrogen (secondary N) is 1. The van der Waals surface area contributed by atoms with Crippen molar-refractivity contribution in [3.63, 3.8) is 0 Å². The fourth-order valence-electron chi connectivity index (χ4n) is 1.82. The SMILES string of the molecule is CC(C)[C@@](C)(C#N)NC(=O)COC(=O)/C=C/c1cc(C(F)(F)F)ccc1Cl. The lowest BCUT2D eigenvalue weighted by Crippen LogP contribution is -2.50. The normalized spacial score (nSPS) is 13.9. The molecule has 0 spiro atoms. The van der Waals surface area contributed by atoms with Crippen LogP contribution in [0.1, 0.15) is 31.9 Å². The number of benzene rings is 1. The Bertz CT molecular complexity index is 785. The number of ether oxygens (including phenoxy) is 1. The van der Waals surface area contributed by atoms with Gasteiger partial charge in [0.1, 0.15) is 5.54 Å². The van der Waals surface area contributed by atoms with Gasteiger partial charge in [-0.05, 0) is 42.7 Å². The summed E-state index contributed by atoms with van der Waals surface area (Å²) >= 11 is 5.81. The summed E-state index contributed by atoms with van der Waals surface area (Å²) in [4.78, 5) is 23.5. The van der Waals surface area contributed by atoms with E-state index in [2.05, 4.69) is 5.32 Å². The van der Waals surface area contributed by atoms with Crippen molar-refractivity contribution in [2.45, 2.75) is 32.5 Å². The second-order valence-electron chi connectivity index (χ2n) is 6.19. The third kappa shape index (κ3) is 6.61. The minimum Gasteiger partial charge on any atom is -0.452 e. The van der Waals surface area contributed by atoms with Crippen LogP contribution < -0.4 is 5.32 Å². The Morgan fingerprint density at radius 2 is 2.00 bits per heavy atom. The molecule has 0 saturated carbocycles. The Kier molecular flexibility index (Phi) is 7.43. The lowest BCUT2D eigenvalue weighted by atomic mass is 9.90. The smallest absolute Gasteiger partial charge is 0.416 e. The lowest BCUT2D eigenvalue weighted by molar-refractivity contribution is -0.144. The van der Waals surface area contributed by atoms with Crippen LogP contribution in [0.2, 0.25) is 5.02 Å². The number of rotatable bonds is 6. The van der Waals surface area contributed by atoms with Crippen LogP contribution in [0.4, 0.5) is 13.2 Å². The topological polar surface area (TPSA) is 79.2 Å².